The number of carbonyl (C=O) groups excluding carboxylic acids is 1. The summed E-state index contributed by atoms with van der Waals surface area (Å²) >= 11 is 8.80. The molecule has 3 heteroatoms. The molecule has 0 heterocycles. The predicted molar refractivity (Wildman–Crippen MR) is 44.7 cm³/mol. The van der Waals surface area contributed by atoms with E-state index in [-0.39, 0.29) is 0 Å². The van der Waals surface area contributed by atoms with Gasteiger partial charge in [0.15, 0.2) is 0 Å². The van der Waals surface area contributed by atoms with E-state index in [1.165, 1.54) is 19.3 Å². The summed E-state index contributed by atoms with van der Waals surface area (Å²) in [6.07, 6.45) is 4.37. The predicted octanol–water partition coefficient (Wildman–Crippen LogP) is 3.78. The number of halogens is 2. The maximum Gasteiger partial charge on any atom is 0.313 e. The summed E-state index contributed by atoms with van der Waals surface area (Å²) in [4.78, 5) is 8.98. The summed E-state index contributed by atoms with van der Waals surface area (Å²) in [5.74, 6) is 0. The van der Waals surface area contributed by atoms with Crippen molar-refractivity contribution in [3.8, 4) is 0 Å². The Kier molecular flexibility index (Phi) is 4.30. The lowest BCUT2D eigenvalue weighted by atomic mass is 9.72. The molecule has 0 N–H and O–H groups in total. The topological polar surface area (TPSA) is 17.1 Å². The lowest BCUT2D eigenvalue weighted by molar-refractivity contribution is 0.190. The second kappa shape index (κ2) is 4.20. The fourth-order valence-electron chi connectivity index (χ4n) is 0.884. The Morgan fingerprint density at radius 3 is 1.50 bits per heavy atom. The zero-order valence-electron chi connectivity index (χ0n) is 6.29. The number of rotatable bonds is 0. The summed E-state index contributed by atoms with van der Waals surface area (Å²) in [6, 6.07) is 0. The zero-order valence-corrected chi connectivity index (χ0v) is 7.80. The molecule has 0 unspecified atom stereocenters. The average Bonchev–Trinajstić information content (AvgIpc) is 1.60. The van der Waals surface area contributed by atoms with Gasteiger partial charge in [0.05, 0.1) is 0 Å². The molecule has 0 atom stereocenters. The van der Waals surface area contributed by atoms with Crippen molar-refractivity contribution in [2.24, 2.45) is 5.41 Å². The Hall–Kier alpha value is 0.250. The lowest BCUT2D eigenvalue weighted by Crippen LogP contribution is -2.20. The molecule has 0 saturated heterocycles. The van der Waals surface area contributed by atoms with Crippen molar-refractivity contribution in [2.45, 2.75) is 33.1 Å². The van der Waals surface area contributed by atoms with E-state index >= 15 is 0 Å². The van der Waals surface area contributed by atoms with Crippen molar-refractivity contribution in [3.05, 3.63) is 0 Å². The third-order valence-electron chi connectivity index (χ3n) is 1.71. The molecule has 60 valence electrons. The Morgan fingerprint density at radius 2 is 1.50 bits per heavy atom. The van der Waals surface area contributed by atoms with Gasteiger partial charge in [-0.3, -0.25) is 4.79 Å². The van der Waals surface area contributed by atoms with E-state index in [4.69, 9.17) is 4.79 Å². The molecule has 10 heavy (non-hydrogen) atoms. The Balaban J connectivity index is 0.000000180. The van der Waals surface area contributed by atoms with E-state index in [1.807, 2.05) is 0 Å². The van der Waals surface area contributed by atoms with Crippen molar-refractivity contribution in [1.29, 1.82) is 0 Å². The van der Waals surface area contributed by atoms with Crippen LogP contribution >= 0.6 is 23.2 Å². The van der Waals surface area contributed by atoms with Gasteiger partial charge in [0, 0.05) is 0 Å². The lowest BCUT2D eigenvalue weighted by Gasteiger charge is -2.33. The summed E-state index contributed by atoms with van der Waals surface area (Å²) in [7, 11) is 0. The van der Waals surface area contributed by atoms with Crippen molar-refractivity contribution in [2.75, 3.05) is 0 Å². The Morgan fingerprint density at radius 1 is 1.30 bits per heavy atom. The second-order valence-corrected chi connectivity index (χ2v) is 4.12. The van der Waals surface area contributed by atoms with Crippen LogP contribution in [0.2, 0.25) is 0 Å². The van der Waals surface area contributed by atoms with Crippen LogP contribution in [0.3, 0.4) is 0 Å². The zero-order chi connectivity index (χ0) is 8.20. The molecule has 0 amide bonds. The van der Waals surface area contributed by atoms with Crippen LogP contribution in [0.4, 0.5) is 4.79 Å². The largest absolute Gasteiger partial charge is 0.313 e. The number of carbonyl (C=O) groups is 1. The van der Waals surface area contributed by atoms with Crippen LogP contribution in [0.25, 0.3) is 0 Å². The highest BCUT2D eigenvalue weighted by molar-refractivity contribution is 6.93. The van der Waals surface area contributed by atoms with Crippen LogP contribution in [-0.2, 0) is 0 Å². The first-order valence-corrected chi connectivity index (χ1v) is 4.05. The highest BCUT2D eigenvalue weighted by Gasteiger charge is 2.24. The van der Waals surface area contributed by atoms with E-state index in [9.17, 15) is 0 Å². The van der Waals surface area contributed by atoms with Crippen molar-refractivity contribution >= 4 is 27.9 Å². The van der Waals surface area contributed by atoms with Crippen LogP contribution in [-0.4, -0.2) is 4.70 Å². The van der Waals surface area contributed by atoms with Crippen LogP contribution in [0.1, 0.15) is 33.1 Å². The van der Waals surface area contributed by atoms with E-state index in [0.29, 0.717) is 0 Å². The molecular formula is C7H12Cl2O. The smallest absolute Gasteiger partial charge is 0.262 e. The van der Waals surface area contributed by atoms with Gasteiger partial charge in [-0.1, -0.05) is 20.3 Å². The highest BCUT2D eigenvalue weighted by Crippen LogP contribution is 2.38. The van der Waals surface area contributed by atoms with Crippen LogP contribution in [0.15, 0.2) is 0 Å². The third-order valence-corrected chi connectivity index (χ3v) is 1.71. The summed E-state index contributed by atoms with van der Waals surface area (Å²) < 4.78 is -0.889. The van der Waals surface area contributed by atoms with Gasteiger partial charge in [0.1, 0.15) is 0 Å². The number of hydrogen-bond acceptors (Lipinski definition) is 1. The van der Waals surface area contributed by atoms with E-state index in [0.717, 1.165) is 5.41 Å². The molecular weight excluding hydrogens is 171 g/mol. The number of hydrogen-bond donors (Lipinski definition) is 0. The van der Waals surface area contributed by atoms with Gasteiger partial charge < -0.3 is 0 Å². The molecule has 0 aromatic rings. The molecule has 1 fully saturated rings. The van der Waals surface area contributed by atoms with Gasteiger partial charge in [-0.15, -0.1) is 0 Å². The molecule has 1 aliphatic rings. The van der Waals surface area contributed by atoms with Crippen molar-refractivity contribution in [3.63, 3.8) is 0 Å². The summed E-state index contributed by atoms with van der Waals surface area (Å²) in [6.45, 7) is 4.66. The van der Waals surface area contributed by atoms with Gasteiger partial charge in [0.2, 0.25) is 0 Å². The minimum absolute atomic E-state index is 0.722. The Labute approximate surface area is 71.7 Å². The van der Waals surface area contributed by atoms with Crippen LogP contribution < -0.4 is 0 Å². The molecule has 0 aromatic heterocycles. The summed E-state index contributed by atoms with van der Waals surface area (Å²) in [5, 5.41) is 0. The fourth-order valence-corrected chi connectivity index (χ4v) is 0.884. The maximum atomic E-state index is 8.98. The molecule has 1 saturated carbocycles. The minimum Gasteiger partial charge on any atom is -0.262 e. The van der Waals surface area contributed by atoms with Gasteiger partial charge in [-0.05, 0) is 41.5 Å². The molecule has 0 spiro atoms. The van der Waals surface area contributed by atoms with Crippen molar-refractivity contribution in [1.82, 2.24) is 0 Å². The monoisotopic (exact) mass is 182 g/mol. The molecule has 0 bridgehead atoms. The van der Waals surface area contributed by atoms with E-state index < -0.39 is 4.70 Å². The van der Waals surface area contributed by atoms with Gasteiger partial charge >= 0.3 is 4.70 Å². The first-order chi connectivity index (χ1) is 4.44. The van der Waals surface area contributed by atoms with Gasteiger partial charge in [-0.2, -0.15) is 0 Å². The molecule has 0 aromatic carbocycles. The summed E-state index contributed by atoms with van der Waals surface area (Å²) in [5.41, 5.74) is 0.722. The maximum absolute atomic E-state index is 8.98. The first-order valence-electron chi connectivity index (χ1n) is 3.29. The minimum atomic E-state index is -0.889. The van der Waals surface area contributed by atoms with E-state index in [1.54, 1.807) is 0 Å². The molecule has 0 radical (unpaired) electrons. The molecule has 1 rings (SSSR count). The van der Waals surface area contributed by atoms with Gasteiger partial charge in [-0.25, -0.2) is 0 Å². The Bertz CT molecular complexity index is 111. The quantitative estimate of drug-likeness (QED) is 0.522. The van der Waals surface area contributed by atoms with Crippen molar-refractivity contribution < 1.29 is 4.79 Å². The second-order valence-electron chi connectivity index (χ2n) is 3.24. The van der Waals surface area contributed by atoms with Gasteiger partial charge in [0.25, 0.3) is 0 Å². The average molecular weight is 183 g/mol. The fraction of sp³-hybridized carbons (Fsp3) is 0.857. The van der Waals surface area contributed by atoms with Crippen LogP contribution in [0.5, 0.6) is 0 Å². The SMILES string of the molecule is CC1(C)CCC1.O=C(Cl)Cl. The highest BCUT2D eigenvalue weighted by atomic mass is 35.5. The molecule has 0 aliphatic heterocycles. The molecule has 1 aliphatic carbocycles. The van der Waals surface area contributed by atoms with E-state index in [2.05, 4.69) is 37.0 Å². The van der Waals surface area contributed by atoms with Crippen LogP contribution in [0, 0.1) is 5.41 Å². The molecule has 1 nitrogen and oxygen atoms in total. The normalized spacial score (nSPS) is 20.0. The first kappa shape index (κ1) is 10.2. The third kappa shape index (κ3) is 6.37. The standard InChI is InChI=1S/C6H12.CCl2O/c1-6(2)4-3-5-6;2-1(3)4/h3-5H2,1-2H3;.